The highest BCUT2D eigenvalue weighted by atomic mass is 16.6. The molecule has 2 aliphatic carbocycles. The Bertz CT molecular complexity index is 1130. The number of fused-ring (bicyclic) bond motifs is 3. The van der Waals surface area contributed by atoms with Gasteiger partial charge >= 0.3 is 0 Å². The minimum atomic E-state index is -0.611. The molecule has 0 saturated carbocycles. The number of carbonyl (C=O) groups is 2. The molecule has 1 aliphatic heterocycles. The molecule has 3 aliphatic rings. The Labute approximate surface area is 160 Å². The van der Waals surface area contributed by atoms with Gasteiger partial charge in [0.1, 0.15) is 0 Å². The van der Waals surface area contributed by atoms with Crippen molar-refractivity contribution in [2.24, 2.45) is 10.9 Å². The molecule has 28 heavy (non-hydrogen) atoms. The first-order valence-corrected chi connectivity index (χ1v) is 9.29. The van der Waals surface area contributed by atoms with Gasteiger partial charge in [-0.05, 0) is 18.4 Å². The molecule has 0 aromatic heterocycles. The molecule has 2 atom stereocenters. The molecule has 0 bridgehead atoms. The van der Waals surface area contributed by atoms with E-state index in [9.17, 15) is 19.7 Å². The van der Waals surface area contributed by atoms with E-state index >= 15 is 0 Å². The maximum absolute atomic E-state index is 13.3. The molecule has 5 rings (SSSR count). The van der Waals surface area contributed by atoms with E-state index in [2.05, 4.69) is 0 Å². The third kappa shape index (κ3) is 2.30. The van der Waals surface area contributed by atoms with Crippen LogP contribution in [0.3, 0.4) is 0 Å². The van der Waals surface area contributed by atoms with Crippen LogP contribution in [0, 0.1) is 16.0 Å². The van der Waals surface area contributed by atoms with Gasteiger partial charge in [0, 0.05) is 46.9 Å². The minimum absolute atomic E-state index is 0.00990. The third-order valence-electron chi connectivity index (χ3n) is 5.81. The Kier molecular flexibility index (Phi) is 3.62. The van der Waals surface area contributed by atoms with E-state index in [1.807, 2.05) is 18.2 Å². The van der Waals surface area contributed by atoms with Gasteiger partial charge in [0.05, 0.1) is 16.6 Å². The van der Waals surface area contributed by atoms with Crippen LogP contribution < -0.4 is 0 Å². The molecule has 2 aromatic carbocycles. The molecule has 6 heteroatoms. The maximum atomic E-state index is 13.3. The Morgan fingerprint density at radius 2 is 1.75 bits per heavy atom. The number of nitrogens with zero attached hydrogens (tertiary/aromatic N) is 2. The van der Waals surface area contributed by atoms with Crippen molar-refractivity contribution in [2.75, 3.05) is 0 Å². The van der Waals surface area contributed by atoms with Crippen molar-refractivity contribution >= 4 is 23.0 Å². The van der Waals surface area contributed by atoms with Crippen LogP contribution >= 0.6 is 0 Å². The van der Waals surface area contributed by atoms with Gasteiger partial charge < -0.3 is 0 Å². The topological polar surface area (TPSA) is 89.6 Å². The summed E-state index contributed by atoms with van der Waals surface area (Å²) >= 11 is 0. The van der Waals surface area contributed by atoms with Crippen LogP contribution in [-0.4, -0.2) is 22.2 Å². The molecule has 1 heterocycles. The Morgan fingerprint density at radius 1 is 0.964 bits per heavy atom. The van der Waals surface area contributed by atoms with Crippen molar-refractivity contribution in [3.63, 3.8) is 0 Å². The van der Waals surface area contributed by atoms with E-state index in [0.717, 1.165) is 17.7 Å². The van der Waals surface area contributed by atoms with Crippen molar-refractivity contribution in [3.05, 3.63) is 86.6 Å². The number of hydrogen-bond acceptors (Lipinski definition) is 5. The van der Waals surface area contributed by atoms with E-state index < -0.39 is 16.8 Å². The molecule has 2 aromatic rings. The summed E-state index contributed by atoms with van der Waals surface area (Å²) in [5, 5.41) is 11.3. The smallest absolute Gasteiger partial charge is 0.269 e. The van der Waals surface area contributed by atoms with Crippen molar-refractivity contribution < 1.29 is 14.5 Å². The fraction of sp³-hybridized carbons (Fsp3) is 0.227. The van der Waals surface area contributed by atoms with Crippen LogP contribution in [0.25, 0.3) is 0 Å². The average molecular weight is 372 g/mol. The fourth-order valence-corrected chi connectivity index (χ4v) is 4.64. The molecule has 138 valence electrons. The molecule has 0 fully saturated rings. The van der Waals surface area contributed by atoms with Gasteiger partial charge in [0.15, 0.2) is 11.6 Å². The van der Waals surface area contributed by atoms with Crippen LogP contribution in [0.15, 0.2) is 64.8 Å². The summed E-state index contributed by atoms with van der Waals surface area (Å²) in [4.78, 5) is 41.7. The molecular formula is C22H16N2O4. The summed E-state index contributed by atoms with van der Waals surface area (Å²) in [6.45, 7) is 0. The molecule has 0 unspecified atom stereocenters. The Hall–Kier alpha value is -3.41. The lowest BCUT2D eigenvalue weighted by molar-refractivity contribution is -0.384. The predicted octanol–water partition coefficient (Wildman–Crippen LogP) is 4.00. The monoisotopic (exact) mass is 372 g/mol. The molecule has 0 N–H and O–H groups in total. The molecule has 0 amide bonds. The van der Waals surface area contributed by atoms with Crippen molar-refractivity contribution in [1.82, 2.24) is 0 Å². The normalized spacial score (nSPS) is 23.1. The lowest BCUT2D eigenvalue weighted by atomic mass is 9.71. The predicted molar refractivity (Wildman–Crippen MR) is 103 cm³/mol. The zero-order valence-electron chi connectivity index (χ0n) is 14.9. The lowest BCUT2D eigenvalue weighted by Crippen LogP contribution is -2.33. The molecule has 0 spiro atoms. The zero-order chi connectivity index (χ0) is 19.4. The van der Waals surface area contributed by atoms with Crippen LogP contribution in [0.1, 0.15) is 46.7 Å². The Balaban J connectivity index is 1.76. The first-order valence-electron chi connectivity index (χ1n) is 9.29. The molecule has 0 saturated heterocycles. The summed E-state index contributed by atoms with van der Waals surface area (Å²) in [7, 11) is 0. The number of nitro groups is 1. The van der Waals surface area contributed by atoms with Gasteiger partial charge in [0.25, 0.3) is 5.69 Å². The van der Waals surface area contributed by atoms with Gasteiger partial charge in [-0.15, -0.1) is 0 Å². The van der Waals surface area contributed by atoms with E-state index in [-0.39, 0.29) is 17.3 Å². The summed E-state index contributed by atoms with van der Waals surface area (Å²) in [6, 6.07) is 13.6. The SMILES string of the molecule is O=C1CCCC2=C1[C@H](c1cccc([N+](=O)[O-])c1)[C@H]1C(=O)c3ccccc3C1=N2. The highest BCUT2D eigenvalue weighted by Crippen LogP contribution is 2.48. The second-order valence-corrected chi connectivity index (χ2v) is 7.35. The minimum Gasteiger partial charge on any atom is -0.294 e. The van der Waals surface area contributed by atoms with Gasteiger partial charge in [0.2, 0.25) is 0 Å². The van der Waals surface area contributed by atoms with Crippen molar-refractivity contribution in [3.8, 4) is 0 Å². The van der Waals surface area contributed by atoms with Crippen LogP contribution in [0.4, 0.5) is 5.69 Å². The van der Waals surface area contributed by atoms with E-state index in [4.69, 9.17) is 4.99 Å². The fourth-order valence-electron chi connectivity index (χ4n) is 4.64. The Morgan fingerprint density at radius 3 is 2.54 bits per heavy atom. The summed E-state index contributed by atoms with van der Waals surface area (Å²) < 4.78 is 0. The first-order chi connectivity index (χ1) is 13.6. The van der Waals surface area contributed by atoms with Crippen molar-refractivity contribution in [2.45, 2.75) is 25.2 Å². The lowest BCUT2D eigenvalue weighted by Gasteiger charge is -2.33. The van der Waals surface area contributed by atoms with Gasteiger partial charge in [-0.2, -0.15) is 0 Å². The standard InChI is InChI=1S/C22H16N2O4/c25-17-10-4-9-16-19(17)18(12-5-3-6-13(11-12)24(27)28)20-21(23-16)14-7-1-2-8-15(14)22(20)26/h1-3,5-8,11,18,20H,4,9-10H2/t18-,20+/m0/s1. The van der Waals surface area contributed by atoms with Crippen LogP contribution in [0.2, 0.25) is 0 Å². The largest absolute Gasteiger partial charge is 0.294 e. The number of allylic oxidation sites excluding steroid dienone is 2. The van der Waals surface area contributed by atoms with Gasteiger partial charge in [-0.25, -0.2) is 0 Å². The van der Waals surface area contributed by atoms with E-state index in [1.54, 1.807) is 18.2 Å². The van der Waals surface area contributed by atoms with Gasteiger partial charge in [-0.1, -0.05) is 36.4 Å². The third-order valence-corrected chi connectivity index (χ3v) is 5.81. The average Bonchev–Trinajstić information content (AvgIpc) is 2.99. The number of carbonyl (C=O) groups excluding carboxylic acids is 2. The number of rotatable bonds is 2. The number of benzene rings is 2. The number of non-ortho nitro benzene ring substituents is 1. The zero-order valence-corrected chi connectivity index (χ0v) is 14.9. The summed E-state index contributed by atoms with van der Waals surface area (Å²) in [5.41, 5.74) is 3.95. The highest BCUT2D eigenvalue weighted by molar-refractivity contribution is 6.30. The summed E-state index contributed by atoms with van der Waals surface area (Å²) in [6.07, 6.45) is 1.83. The van der Waals surface area contributed by atoms with E-state index in [0.29, 0.717) is 35.3 Å². The maximum Gasteiger partial charge on any atom is 0.269 e. The van der Waals surface area contributed by atoms with Crippen molar-refractivity contribution in [1.29, 1.82) is 0 Å². The number of ketones is 2. The number of Topliss-reactive ketones (excluding diaryl/α,β-unsaturated/α-hetero) is 2. The van der Waals surface area contributed by atoms with Crippen LogP contribution in [-0.2, 0) is 4.79 Å². The number of nitro benzene ring substituents is 1. The second-order valence-electron chi connectivity index (χ2n) is 7.35. The molecule has 6 nitrogen and oxygen atoms in total. The second kappa shape index (κ2) is 6.05. The first kappa shape index (κ1) is 16.7. The number of hydrogen-bond donors (Lipinski definition) is 0. The summed E-state index contributed by atoms with van der Waals surface area (Å²) in [5.74, 6) is -1.23. The molecule has 0 radical (unpaired) electrons. The van der Waals surface area contributed by atoms with Crippen LogP contribution in [0.5, 0.6) is 0 Å². The highest BCUT2D eigenvalue weighted by Gasteiger charge is 2.48. The van der Waals surface area contributed by atoms with Gasteiger partial charge in [-0.3, -0.25) is 24.7 Å². The molecular weight excluding hydrogens is 356 g/mol. The van der Waals surface area contributed by atoms with E-state index in [1.165, 1.54) is 12.1 Å². The number of aliphatic imine (C=N–C) groups is 1. The quantitative estimate of drug-likeness (QED) is 0.589.